The first-order valence-electron chi connectivity index (χ1n) is 6.69. The van der Waals surface area contributed by atoms with E-state index in [1.54, 1.807) is 6.07 Å². The van der Waals surface area contributed by atoms with Crippen LogP contribution < -0.4 is 10.6 Å². The maximum atomic E-state index is 11.9. The Labute approximate surface area is 129 Å². The van der Waals surface area contributed by atoms with Crippen molar-refractivity contribution in [3.63, 3.8) is 0 Å². The minimum Gasteiger partial charge on any atom is -0.478 e. The normalized spacial score (nSPS) is 12.6. The molecule has 1 unspecified atom stereocenters. The molecule has 0 spiro atoms. The maximum Gasteiger partial charge on any atom is 0.339 e. The third-order valence-corrected chi connectivity index (χ3v) is 3.84. The molecule has 1 aromatic carbocycles. The van der Waals surface area contributed by atoms with Gasteiger partial charge in [-0.1, -0.05) is 45.4 Å². The molecule has 0 fully saturated rings. The Hall–Kier alpha value is -1.75. The van der Waals surface area contributed by atoms with Crippen LogP contribution in [0.4, 0.5) is 10.5 Å². The van der Waals surface area contributed by atoms with Crippen molar-refractivity contribution in [1.82, 2.24) is 5.32 Å². The van der Waals surface area contributed by atoms with Gasteiger partial charge in [-0.2, -0.15) is 0 Å². The summed E-state index contributed by atoms with van der Waals surface area (Å²) in [4.78, 5) is 23.0. The summed E-state index contributed by atoms with van der Waals surface area (Å²) in [6, 6.07) is 4.11. The van der Waals surface area contributed by atoms with Crippen molar-refractivity contribution in [3.05, 3.63) is 28.8 Å². The van der Waals surface area contributed by atoms with Gasteiger partial charge in [0.2, 0.25) is 0 Å². The van der Waals surface area contributed by atoms with Crippen molar-refractivity contribution < 1.29 is 14.7 Å². The van der Waals surface area contributed by atoms with Gasteiger partial charge in [0.25, 0.3) is 0 Å². The van der Waals surface area contributed by atoms with Crippen LogP contribution in [0.5, 0.6) is 0 Å². The van der Waals surface area contributed by atoms with Gasteiger partial charge < -0.3 is 15.7 Å². The number of nitrogens with one attached hydrogen (secondary N) is 2. The van der Waals surface area contributed by atoms with Gasteiger partial charge in [-0.25, -0.2) is 9.59 Å². The van der Waals surface area contributed by atoms with Crippen molar-refractivity contribution in [3.8, 4) is 0 Å². The van der Waals surface area contributed by atoms with E-state index in [0.29, 0.717) is 6.54 Å². The van der Waals surface area contributed by atoms with E-state index in [1.807, 2.05) is 6.92 Å². The molecule has 1 rings (SSSR count). The standard InChI is InChI=1S/C15H21ClN2O3/c1-9(15(2,3)4)8-17-14(21)18-11-7-5-6-10(16)12(11)13(19)20/h5-7,9H,8H2,1-4H3,(H,19,20)(H2,17,18,21). The van der Waals surface area contributed by atoms with Gasteiger partial charge in [-0.15, -0.1) is 0 Å². The average molecular weight is 313 g/mol. The first kappa shape index (κ1) is 17.3. The van der Waals surface area contributed by atoms with Crippen LogP contribution in [0, 0.1) is 11.3 Å². The summed E-state index contributed by atoms with van der Waals surface area (Å²) >= 11 is 5.84. The molecule has 3 N–H and O–H groups in total. The minimum absolute atomic E-state index is 0.0789. The number of amides is 2. The molecule has 0 radical (unpaired) electrons. The molecule has 0 aliphatic carbocycles. The molecule has 0 aliphatic rings. The summed E-state index contributed by atoms with van der Waals surface area (Å²) < 4.78 is 0. The van der Waals surface area contributed by atoms with Crippen LogP contribution in [0.3, 0.4) is 0 Å². The number of urea groups is 1. The number of carbonyl (C=O) groups excluding carboxylic acids is 1. The zero-order chi connectivity index (χ0) is 16.2. The van der Waals surface area contributed by atoms with Crippen LogP contribution in [0.2, 0.25) is 5.02 Å². The van der Waals surface area contributed by atoms with Crippen LogP contribution in [-0.2, 0) is 0 Å². The topological polar surface area (TPSA) is 78.4 Å². The fourth-order valence-corrected chi connectivity index (χ4v) is 1.82. The molecule has 0 saturated heterocycles. The van der Waals surface area contributed by atoms with Gasteiger partial charge in [0.1, 0.15) is 5.56 Å². The largest absolute Gasteiger partial charge is 0.478 e. The predicted octanol–water partition coefficient (Wildman–Crippen LogP) is 3.84. The molecule has 2 amide bonds. The van der Waals surface area contributed by atoms with E-state index in [9.17, 15) is 9.59 Å². The number of aromatic carboxylic acids is 1. The molecular weight excluding hydrogens is 292 g/mol. The molecule has 0 bridgehead atoms. The molecule has 0 aliphatic heterocycles. The van der Waals surface area contributed by atoms with Gasteiger partial charge in [-0.3, -0.25) is 0 Å². The average Bonchev–Trinajstić information content (AvgIpc) is 2.34. The monoisotopic (exact) mass is 312 g/mol. The lowest BCUT2D eigenvalue weighted by molar-refractivity contribution is 0.0698. The summed E-state index contributed by atoms with van der Waals surface area (Å²) in [5, 5.41) is 14.5. The number of carboxylic acid groups (broad SMARTS) is 1. The van der Waals surface area contributed by atoms with Crippen LogP contribution >= 0.6 is 11.6 Å². The first-order chi connectivity index (χ1) is 9.62. The van der Waals surface area contributed by atoms with Crippen LogP contribution in [0.25, 0.3) is 0 Å². The number of halogens is 1. The number of anilines is 1. The number of hydrogen-bond donors (Lipinski definition) is 3. The zero-order valence-corrected chi connectivity index (χ0v) is 13.4. The van der Waals surface area contributed by atoms with Gasteiger partial charge in [0.15, 0.2) is 0 Å². The summed E-state index contributed by atoms with van der Waals surface area (Å²) in [5.74, 6) is -0.902. The second kappa shape index (κ2) is 6.80. The number of carbonyl (C=O) groups is 2. The summed E-state index contributed by atoms with van der Waals surface area (Å²) in [7, 11) is 0. The van der Waals surface area contributed by atoms with Crippen LogP contribution in [0.15, 0.2) is 18.2 Å². The lowest BCUT2D eigenvalue weighted by atomic mass is 9.82. The van der Waals surface area contributed by atoms with Crippen molar-refractivity contribution in [2.24, 2.45) is 11.3 Å². The van der Waals surface area contributed by atoms with Gasteiger partial charge in [-0.05, 0) is 23.5 Å². The third kappa shape index (κ3) is 4.93. The Morgan fingerprint density at radius 2 is 1.95 bits per heavy atom. The first-order valence-corrected chi connectivity index (χ1v) is 7.07. The van der Waals surface area contributed by atoms with Crippen LogP contribution in [0.1, 0.15) is 38.1 Å². The van der Waals surface area contributed by atoms with Crippen molar-refractivity contribution in [2.45, 2.75) is 27.7 Å². The molecule has 0 aromatic heterocycles. The minimum atomic E-state index is -1.18. The Morgan fingerprint density at radius 1 is 1.33 bits per heavy atom. The SMILES string of the molecule is CC(CNC(=O)Nc1cccc(Cl)c1C(=O)O)C(C)(C)C. The number of carboxylic acids is 1. The smallest absolute Gasteiger partial charge is 0.339 e. The van der Waals surface area contributed by atoms with Gasteiger partial charge in [0.05, 0.1) is 10.7 Å². The van der Waals surface area contributed by atoms with E-state index < -0.39 is 12.0 Å². The second-order valence-electron chi connectivity index (χ2n) is 6.07. The molecule has 1 atom stereocenters. The van der Waals surface area contributed by atoms with E-state index in [2.05, 4.69) is 31.4 Å². The lowest BCUT2D eigenvalue weighted by Gasteiger charge is -2.27. The number of hydrogen-bond acceptors (Lipinski definition) is 2. The molecule has 0 saturated carbocycles. The highest BCUT2D eigenvalue weighted by atomic mass is 35.5. The maximum absolute atomic E-state index is 11.9. The van der Waals surface area contributed by atoms with E-state index in [0.717, 1.165) is 0 Å². The predicted molar refractivity (Wildman–Crippen MR) is 84.1 cm³/mol. The fraction of sp³-hybridized carbons (Fsp3) is 0.467. The van der Waals surface area contributed by atoms with Crippen LogP contribution in [-0.4, -0.2) is 23.7 Å². The Kier molecular flexibility index (Phi) is 5.61. The van der Waals surface area contributed by atoms with Crippen molar-refractivity contribution in [1.29, 1.82) is 0 Å². The highest BCUT2D eigenvalue weighted by molar-refractivity contribution is 6.34. The number of rotatable bonds is 4. The molecule has 1 aromatic rings. The quantitative estimate of drug-likeness (QED) is 0.790. The van der Waals surface area contributed by atoms with Gasteiger partial charge in [0, 0.05) is 6.54 Å². The van der Waals surface area contributed by atoms with Gasteiger partial charge >= 0.3 is 12.0 Å². The van der Waals surface area contributed by atoms with E-state index in [4.69, 9.17) is 16.7 Å². The Balaban J connectivity index is 2.72. The van der Waals surface area contributed by atoms with E-state index in [-0.39, 0.29) is 27.6 Å². The van der Waals surface area contributed by atoms with Crippen molar-refractivity contribution in [2.75, 3.05) is 11.9 Å². The number of benzene rings is 1. The lowest BCUT2D eigenvalue weighted by Crippen LogP contribution is -2.36. The molecule has 0 heterocycles. The van der Waals surface area contributed by atoms with E-state index in [1.165, 1.54) is 12.1 Å². The second-order valence-corrected chi connectivity index (χ2v) is 6.48. The third-order valence-electron chi connectivity index (χ3n) is 3.52. The molecule has 116 valence electrons. The molecule has 5 nitrogen and oxygen atoms in total. The Morgan fingerprint density at radius 3 is 2.48 bits per heavy atom. The molecular formula is C15H21ClN2O3. The van der Waals surface area contributed by atoms with E-state index >= 15 is 0 Å². The summed E-state index contributed by atoms with van der Waals surface area (Å²) in [6.45, 7) is 8.82. The summed E-state index contributed by atoms with van der Waals surface area (Å²) in [6.07, 6.45) is 0. The molecule has 21 heavy (non-hydrogen) atoms. The highest BCUT2D eigenvalue weighted by Gasteiger charge is 2.21. The fourth-order valence-electron chi connectivity index (χ4n) is 1.56. The summed E-state index contributed by atoms with van der Waals surface area (Å²) in [5.41, 5.74) is 0.143. The van der Waals surface area contributed by atoms with Crippen molar-refractivity contribution >= 4 is 29.3 Å². The highest BCUT2D eigenvalue weighted by Crippen LogP contribution is 2.25. The zero-order valence-electron chi connectivity index (χ0n) is 12.7. The Bertz CT molecular complexity index is 538. The molecule has 6 heteroatoms.